The highest BCUT2D eigenvalue weighted by molar-refractivity contribution is 7.91. The van der Waals surface area contributed by atoms with Crippen molar-refractivity contribution in [2.75, 3.05) is 24.7 Å². The van der Waals surface area contributed by atoms with Gasteiger partial charge < -0.3 is 14.6 Å². The van der Waals surface area contributed by atoms with E-state index in [2.05, 4.69) is 0 Å². The molecule has 2 aliphatic rings. The van der Waals surface area contributed by atoms with Crippen molar-refractivity contribution in [3.63, 3.8) is 0 Å². The monoisotopic (exact) mass is 264 g/mol. The molecule has 17 heavy (non-hydrogen) atoms. The number of hydrogen-bond acceptors (Lipinski definition) is 5. The summed E-state index contributed by atoms with van der Waals surface area (Å²) in [5.41, 5.74) is 0. The zero-order valence-electron chi connectivity index (χ0n) is 10.1. The van der Waals surface area contributed by atoms with Crippen LogP contribution in [-0.2, 0) is 19.3 Å². The third-order valence-corrected chi connectivity index (χ3v) is 5.43. The fraction of sp³-hybridized carbons (Fsp3) is 1.00. The number of sulfone groups is 1. The largest absolute Gasteiger partial charge is 0.396 e. The van der Waals surface area contributed by atoms with Crippen molar-refractivity contribution in [3.05, 3.63) is 0 Å². The van der Waals surface area contributed by atoms with Crippen LogP contribution in [0.3, 0.4) is 0 Å². The summed E-state index contributed by atoms with van der Waals surface area (Å²) in [6, 6.07) is 0. The van der Waals surface area contributed by atoms with E-state index in [0.29, 0.717) is 19.4 Å². The molecule has 0 aromatic heterocycles. The topological polar surface area (TPSA) is 72.8 Å². The Hall–Kier alpha value is -0.170. The van der Waals surface area contributed by atoms with Gasteiger partial charge in [0.15, 0.2) is 15.6 Å². The van der Waals surface area contributed by atoms with Gasteiger partial charge in [-0.25, -0.2) is 8.42 Å². The lowest BCUT2D eigenvalue weighted by Gasteiger charge is -2.35. The maximum Gasteiger partial charge on any atom is 0.169 e. The molecular formula is C11H20O5S. The molecular weight excluding hydrogens is 244 g/mol. The molecule has 0 aliphatic carbocycles. The van der Waals surface area contributed by atoms with Crippen molar-refractivity contribution >= 4 is 9.84 Å². The van der Waals surface area contributed by atoms with Gasteiger partial charge in [-0.1, -0.05) is 0 Å². The second-order valence-electron chi connectivity index (χ2n) is 5.03. The minimum Gasteiger partial charge on any atom is -0.396 e. The van der Waals surface area contributed by atoms with Crippen LogP contribution >= 0.6 is 0 Å². The summed E-state index contributed by atoms with van der Waals surface area (Å²) in [7, 11) is -2.95. The highest BCUT2D eigenvalue weighted by Gasteiger charge is 2.46. The van der Waals surface area contributed by atoms with E-state index in [1.807, 2.05) is 6.92 Å². The lowest BCUT2D eigenvalue weighted by molar-refractivity contribution is -0.189. The lowest BCUT2D eigenvalue weighted by Crippen LogP contribution is -2.43. The summed E-state index contributed by atoms with van der Waals surface area (Å²) in [4.78, 5) is 0. The molecule has 6 heteroatoms. The third-order valence-electron chi connectivity index (χ3n) is 3.61. The minimum atomic E-state index is -2.95. The first-order chi connectivity index (χ1) is 7.95. The predicted octanol–water partition coefficient (Wildman–Crippen LogP) is 0.325. The van der Waals surface area contributed by atoms with Crippen molar-refractivity contribution in [1.82, 2.24) is 0 Å². The Bertz CT molecular complexity index is 366. The van der Waals surface area contributed by atoms with Gasteiger partial charge in [-0.05, 0) is 26.2 Å². The molecule has 2 heterocycles. The van der Waals surface area contributed by atoms with Gasteiger partial charge in [0.2, 0.25) is 0 Å². The van der Waals surface area contributed by atoms with Crippen molar-refractivity contribution in [2.45, 2.75) is 38.1 Å². The Labute approximate surface area is 102 Å². The van der Waals surface area contributed by atoms with Crippen molar-refractivity contribution in [2.24, 2.45) is 5.92 Å². The van der Waals surface area contributed by atoms with Crippen LogP contribution in [0.1, 0.15) is 26.2 Å². The maximum atomic E-state index is 11.6. The highest BCUT2D eigenvalue weighted by atomic mass is 32.2. The second-order valence-corrected chi connectivity index (χ2v) is 7.26. The molecule has 0 radical (unpaired) electrons. The molecule has 3 unspecified atom stereocenters. The van der Waals surface area contributed by atoms with Crippen molar-refractivity contribution in [3.8, 4) is 0 Å². The van der Waals surface area contributed by atoms with Gasteiger partial charge in [0.1, 0.15) is 0 Å². The van der Waals surface area contributed by atoms with E-state index in [4.69, 9.17) is 14.6 Å². The fourth-order valence-corrected chi connectivity index (χ4v) is 4.45. The van der Waals surface area contributed by atoms with Crippen LogP contribution in [-0.4, -0.2) is 50.1 Å². The Morgan fingerprint density at radius 1 is 1.47 bits per heavy atom. The number of aliphatic hydroxyl groups excluding tert-OH is 1. The first-order valence-electron chi connectivity index (χ1n) is 6.08. The molecule has 1 N–H and O–H groups in total. The first-order valence-corrected chi connectivity index (χ1v) is 7.90. The van der Waals surface area contributed by atoms with Crippen LogP contribution in [0, 0.1) is 5.92 Å². The maximum absolute atomic E-state index is 11.6. The SMILES string of the molecule is CC1(C2CCCS(=O)(=O)C2)OCC(CCO)O1. The molecule has 0 saturated carbocycles. The third kappa shape index (κ3) is 2.99. The highest BCUT2D eigenvalue weighted by Crippen LogP contribution is 2.37. The summed E-state index contributed by atoms with van der Waals surface area (Å²) in [6.07, 6.45) is 1.92. The lowest BCUT2D eigenvalue weighted by atomic mass is 9.96. The van der Waals surface area contributed by atoms with Gasteiger partial charge in [0.25, 0.3) is 0 Å². The van der Waals surface area contributed by atoms with E-state index in [0.717, 1.165) is 6.42 Å². The molecule has 0 bridgehead atoms. The van der Waals surface area contributed by atoms with Crippen LogP contribution < -0.4 is 0 Å². The first kappa shape index (κ1) is 13.3. The molecule has 0 aromatic rings. The van der Waals surface area contributed by atoms with E-state index in [-0.39, 0.29) is 30.1 Å². The van der Waals surface area contributed by atoms with Crippen LogP contribution in [0.4, 0.5) is 0 Å². The van der Waals surface area contributed by atoms with Crippen LogP contribution in [0.25, 0.3) is 0 Å². The van der Waals surface area contributed by atoms with E-state index in [9.17, 15) is 8.42 Å². The summed E-state index contributed by atoms with van der Waals surface area (Å²) in [5, 5.41) is 8.86. The smallest absolute Gasteiger partial charge is 0.169 e. The van der Waals surface area contributed by atoms with E-state index < -0.39 is 15.6 Å². The number of ether oxygens (including phenoxy) is 2. The molecule has 3 atom stereocenters. The summed E-state index contributed by atoms with van der Waals surface area (Å²) in [6.45, 7) is 2.32. The fourth-order valence-electron chi connectivity index (χ4n) is 2.59. The molecule has 2 fully saturated rings. The second kappa shape index (κ2) is 4.84. The van der Waals surface area contributed by atoms with Gasteiger partial charge in [0, 0.05) is 12.5 Å². The molecule has 0 spiro atoms. The Morgan fingerprint density at radius 2 is 2.24 bits per heavy atom. The van der Waals surface area contributed by atoms with E-state index in [1.54, 1.807) is 0 Å². The Balaban J connectivity index is 2.02. The van der Waals surface area contributed by atoms with Crippen LogP contribution in [0.15, 0.2) is 0 Å². The standard InChI is InChI=1S/C11H20O5S/c1-11(15-7-10(16-11)4-5-12)9-3-2-6-17(13,14)8-9/h9-10,12H,2-8H2,1H3. The number of hydrogen-bond donors (Lipinski definition) is 1. The van der Waals surface area contributed by atoms with Crippen molar-refractivity contribution in [1.29, 1.82) is 0 Å². The molecule has 0 amide bonds. The number of aliphatic hydroxyl groups is 1. The predicted molar refractivity (Wildman–Crippen MR) is 62.3 cm³/mol. The zero-order chi connectivity index (χ0) is 12.5. The average Bonchev–Trinajstić information content (AvgIpc) is 2.61. The normalized spacial score (nSPS) is 41.5. The minimum absolute atomic E-state index is 0.0626. The zero-order valence-corrected chi connectivity index (χ0v) is 10.9. The van der Waals surface area contributed by atoms with E-state index >= 15 is 0 Å². The van der Waals surface area contributed by atoms with Gasteiger partial charge in [-0.2, -0.15) is 0 Å². The van der Waals surface area contributed by atoms with Crippen molar-refractivity contribution < 1.29 is 23.0 Å². The summed E-state index contributed by atoms with van der Waals surface area (Å²) >= 11 is 0. The molecule has 2 aliphatic heterocycles. The Morgan fingerprint density at radius 3 is 2.88 bits per heavy atom. The molecule has 2 rings (SSSR count). The quantitative estimate of drug-likeness (QED) is 0.795. The van der Waals surface area contributed by atoms with Crippen LogP contribution in [0.2, 0.25) is 0 Å². The Kier molecular flexibility index (Phi) is 3.77. The molecule has 0 aromatic carbocycles. The molecule has 100 valence electrons. The summed E-state index contributed by atoms with van der Waals surface area (Å²) < 4.78 is 34.6. The van der Waals surface area contributed by atoms with Crippen LogP contribution in [0.5, 0.6) is 0 Å². The molecule has 2 saturated heterocycles. The van der Waals surface area contributed by atoms with Gasteiger partial charge in [0.05, 0.1) is 24.2 Å². The van der Waals surface area contributed by atoms with Gasteiger partial charge in [-0.3, -0.25) is 0 Å². The number of rotatable bonds is 3. The summed E-state index contributed by atoms with van der Waals surface area (Å²) in [5.74, 6) is -0.465. The van der Waals surface area contributed by atoms with Gasteiger partial charge >= 0.3 is 0 Å². The average molecular weight is 264 g/mol. The van der Waals surface area contributed by atoms with Gasteiger partial charge in [-0.15, -0.1) is 0 Å². The van der Waals surface area contributed by atoms with E-state index in [1.165, 1.54) is 0 Å². The molecule has 5 nitrogen and oxygen atoms in total.